The van der Waals surface area contributed by atoms with Crippen molar-refractivity contribution in [3.8, 4) is 23.1 Å². The molecule has 1 fully saturated rings. The molecule has 12 heteroatoms. The summed E-state index contributed by atoms with van der Waals surface area (Å²) in [5.74, 6) is -0.489. The number of aromatic nitrogens is 7. The number of imidazole rings is 1. The zero-order valence-corrected chi connectivity index (χ0v) is 16.4. The summed E-state index contributed by atoms with van der Waals surface area (Å²) >= 11 is 0. The van der Waals surface area contributed by atoms with Crippen LogP contribution in [0.4, 0.5) is 13.2 Å². The Morgan fingerprint density at radius 3 is 2.65 bits per heavy atom. The van der Waals surface area contributed by atoms with E-state index in [-0.39, 0.29) is 23.7 Å². The Morgan fingerprint density at radius 2 is 1.94 bits per heavy atom. The molecule has 9 nitrogen and oxygen atoms in total. The van der Waals surface area contributed by atoms with Gasteiger partial charge in [-0.25, -0.2) is 14.6 Å². The molecule has 0 amide bonds. The zero-order chi connectivity index (χ0) is 21.7. The van der Waals surface area contributed by atoms with Crippen LogP contribution in [0.25, 0.3) is 16.9 Å². The maximum Gasteiger partial charge on any atom is 0.333 e. The molecule has 2 atom stereocenters. The maximum atomic E-state index is 14.4. The topological polar surface area (TPSA) is 92.3 Å². The van der Waals surface area contributed by atoms with Crippen LogP contribution in [0.2, 0.25) is 0 Å². The van der Waals surface area contributed by atoms with Crippen LogP contribution in [-0.4, -0.2) is 48.6 Å². The Bertz CT molecular complexity index is 1270. The van der Waals surface area contributed by atoms with Crippen LogP contribution in [0.3, 0.4) is 0 Å². The number of fused-ring (bicyclic) bond motifs is 1. The minimum Gasteiger partial charge on any atom is -0.480 e. The molecule has 4 aromatic heterocycles. The molecular formula is C19H16F3N7O2. The number of rotatable bonds is 6. The summed E-state index contributed by atoms with van der Waals surface area (Å²) in [5, 5.41) is 8.03. The van der Waals surface area contributed by atoms with E-state index in [0.717, 1.165) is 16.3 Å². The molecule has 0 spiro atoms. The number of ether oxygens (including phenoxy) is 2. The van der Waals surface area contributed by atoms with Crippen LogP contribution in [0.15, 0.2) is 30.9 Å². The van der Waals surface area contributed by atoms with Crippen LogP contribution in [-0.2, 0) is 0 Å². The Balaban J connectivity index is 1.58. The minimum absolute atomic E-state index is 0.0275. The number of methoxy groups -OCH3 is 2. The molecule has 4 aromatic rings. The monoisotopic (exact) mass is 431 g/mol. The lowest BCUT2D eigenvalue weighted by Gasteiger charge is -2.10. The van der Waals surface area contributed by atoms with Crippen LogP contribution in [0.5, 0.6) is 11.9 Å². The number of hydrogen-bond acceptors (Lipinski definition) is 7. The lowest BCUT2D eigenvalue weighted by molar-refractivity contribution is 0.0565. The van der Waals surface area contributed by atoms with Gasteiger partial charge in [-0.15, -0.1) is 0 Å². The van der Waals surface area contributed by atoms with E-state index >= 15 is 0 Å². The number of hydrogen-bond donors (Lipinski definition) is 0. The maximum absolute atomic E-state index is 14.4. The van der Waals surface area contributed by atoms with Gasteiger partial charge in [0.15, 0.2) is 5.65 Å². The van der Waals surface area contributed by atoms with Crippen molar-refractivity contribution in [1.29, 1.82) is 0 Å². The fraction of sp³-hybridized carbons (Fsp3) is 0.316. The first kappa shape index (κ1) is 19.3. The second-order valence-corrected chi connectivity index (χ2v) is 7.06. The van der Waals surface area contributed by atoms with E-state index in [1.165, 1.54) is 32.8 Å². The summed E-state index contributed by atoms with van der Waals surface area (Å²) in [4.78, 5) is 12.4. The number of nitrogens with zero attached hydrogens (tertiary/aromatic N) is 7. The molecule has 0 bridgehead atoms. The molecule has 0 saturated heterocycles. The molecule has 160 valence electrons. The van der Waals surface area contributed by atoms with Gasteiger partial charge < -0.3 is 9.47 Å². The standard InChI is InChI=1S/C19H16F3N7O2/c1-30-17-13(6-24-19(26-17)31-2)14-4-12(16-23-7-15(20)29(16)27-14)11-3-10(11)9-5-25-28(8-9)18(21)22/h4-8,10-11,18H,3H2,1-2H3/t10-,11+/m1/s1. The third-order valence-corrected chi connectivity index (χ3v) is 5.28. The van der Waals surface area contributed by atoms with E-state index in [9.17, 15) is 13.2 Å². The Kier molecular flexibility index (Phi) is 4.49. The summed E-state index contributed by atoms with van der Waals surface area (Å²) in [5.41, 5.74) is 2.62. The zero-order valence-electron chi connectivity index (χ0n) is 16.4. The molecule has 1 aliphatic rings. The van der Waals surface area contributed by atoms with Gasteiger partial charge in [0.25, 0.3) is 0 Å². The highest BCUT2D eigenvalue weighted by Gasteiger charge is 2.42. The van der Waals surface area contributed by atoms with Gasteiger partial charge in [-0.2, -0.15) is 32.9 Å². The van der Waals surface area contributed by atoms with Crippen molar-refractivity contribution in [3.63, 3.8) is 0 Å². The summed E-state index contributed by atoms with van der Waals surface area (Å²) in [7, 11) is 2.88. The Hall–Kier alpha value is -3.70. The quantitative estimate of drug-likeness (QED) is 0.463. The van der Waals surface area contributed by atoms with Crippen molar-refractivity contribution in [3.05, 3.63) is 47.9 Å². The van der Waals surface area contributed by atoms with Crippen LogP contribution < -0.4 is 9.47 Å². The lowest BCUT2D eigenvalue weighted by atomic mass is 10.1. The second-order valence-electron chi connectivity index (χ2n) is 7.06. The van der Waals surface area contributed by atoms with Gasteiger partial charge >= 0.3 is 12.6 Å². The van der Waals surface area contributed by atoms with E-state index in [2.05, 4.69) is 25.1 Å². The van der Waals surface area contributed by atoms with Crippen molar-refractivity contribution in [2.75, 3.05) is 14.2 Å². The minimum atomic E-state index is -2.70. The summed E-state index contributed by atoms with van der Waals surface area (Å²) in [6.07, 6.45) is 6.03. The van der Waals surface area contributed by atoms with E-state index in [1.807, 2.05) is 0 Å². The Morgan fingerprint density at radius 1 is 1.10 bits per heavy atom. The van der Waals surface area contributed by atoms with Crippen molar-refractivity contribution in [2.24, 2.45) is 0 Å². The van der Waals surface area contributed by atoms with Gasteiger partial charge in [-0.3, -0.25) is 0 Å². The SMILES string of the molecule is COc1ncc(-c2cc([C@H]3C[C@@H]3c3cnn(C(F)F)c3)c3ncc(F)n3n2)c(OC)n1. The van der Waals surface area contributed by atoms with Gasteiger partial charge in [-0.05, 0) is 29.9 Å². The smallest absolute Gasteiger partial charge is 0.333 e. The predicted molar refractivity (Wildman–Crippen MR) is 101 cm³/mol. The van der Waals surface area contributed by atoms with Gasteiger partial charge in [0.1, 0.15) is 0 Å². The molecule has 0 aromatic carbocycles. The molecule has 0 aliphatic heterocycles. The number of alkyl halides is 2. The van der Waals surface area contributed by atoms with Crippen molar-refractivity contribution in [2.45, 2.75) is 24.8 Å². The summed E-state index contributed by atoms with van der Waals surface area (Å²) in [6.45, 7) is -2.70. The number of halogens is 3. The molecule has 1 aliphatic carbocycles. The van der Waals surface area contributed by atoms with Crippen LogP contribution >= 0.6 is 0 Å². The van der Waals surface area contributed by atoms with E-state index in [4.69, 9.17) is 9.47 Å². The fourth-order valence-corrected chi connectivity index (χ4v) is 3.71. The van der Waals surface area contributed by atoms with Crippen molar-refractivity contribution < 1.29 is 22.6 Å². The third kappa shape index (κ3) is 3.23. The van der Waals surface area contributed by atoms with Gasteiger partial charge in [0.2, 0.25) is 11.8 Å². The average Bonchev–Trinajstić information content (AvgIpc) is 3.25. The lowest BCUT2D eigenvalue weighted by Crippen LogP contribution is -2.04. The predicted octanol–water partition coefficient (Wildman–Crippen LogP) is 3.21. The first-order chi connectivity index (χ1) is 15.0. The highest BCUT2D eigenvalue weighted by molar-refractivity contribution is 5.68. The van der Waals surface area contributed by atoms with Crippen molar-refractivity contribution in [1.82, 2.24) is 34.3 Å². The van der Waals surface area contributed by atoms with Crippen molar-refractivity contribution >= 4 is 5.65 Å². The molecule has 31 heavy (non-hydrogen) atoms. The molecule has 0 radical (unpaired) electrons. The average molecular weight is 431 g/mol. The van der Waals surface area contributed by atoms with Crippen LogP contribution in [0.1, 0.15) is 35.9 Å². The van der Waals surface area contributed by atoms with E-state index in [0.29, 0.717) is 33.6 Å². The first-order valence-electron chi connectivity index (χ1n) is 9.32. The van der Waals surface area contributed by atoms with Gasteiger partial charge in [0, 0.05) is 18.0 Å². The molecule has 4 heterocycles. The first-order valence-corrected chi connectivity index (χ1v) is 9.32. The molecule has 1 saturated carbocycles. The second kappa shape index (κ2) is 7.22. The largest absolute Gasteiger partial charge is 0.480 e. The summed E-state index contributed by atoms with van der Waals surface area (Å²) < 4.78 is 52.2. The summed E-state index contributed by atoms with van der Waals surface area (Å²) in [6, 6.07) is 1.89. The highest BCUT2D eigenvalue weighted by Crippen LogP contribution is 2.55. The molecule has 5 rings (SSSR count). The molecule has 0 N–H and O–H groups in total. The molecular weight excluding hydrogens is 415 g/mol. The highest BCUT2D eigenvalue weighted by atomic mass is 19.3. The van der Waals surface area contributed by atoms with Gasteiger partial charge in [0.05, 0.1) is 37.9 Å². The van der Waals surface area contributed by atoms with Crippen LogP contribution in [0, 0.1) is 5.95 Å². The van der Waals surface area contributed by atoms with Gasteiger partial charge in [-0.1, -0.05) is 0 Å². The fourth-order valence-electron chi connectivity index (χ4n) is 3.71. The normalized spacial score (nSPS) is 18.0. The molecule has 0 unspecified atom stereocenters. The third-order valence-electron chi connectivity index (χ3n) is 5.28. The van der Waals surface area contributed by atoms with E-state index in [1.54, 1.807) is 6.07 Å². The van der Waals surface area contributed by atoms with E-state index < -0.39 is 12.5 Å². The Labute approximate surface area is 173 Å².